The molecule has 0 radical (unpaired) electrons. The second-order valence-corrected chi connectivity index (χ2v) is 9.31. The van der Waals surface area contributed by atoms with Crippen LogP contribution in [0.3, 0.4) is 0 Å². The number of halogens is 1. The van der Waals surface area contributed by atoms with Crippen LogP contribution in [0.1, 0.15) is 31.0 Å². The minimum atomic E-state index is -0.629. The van der Waals surface area contributed by atoms with Crippen molar-refractivity contribution in [2.24, 2.45) is 4.99 Å². The summed E-state index contributed by atoms with van der Waals surface area (Å²) in [5, 5.41) is 0. The minimum Gasteiger partial charge on any atom is -0.493 e. The first-order valence-electron chi connectivity index (χ1n) is 10.6. The van der Waals surface area contributed by atoms with Gasteiger partial charge in [-0.3, -0.25) is 9.36 Å². The summed E-state index contributed by atoms with van der Waals surface area (Å²) < 4.78 is 18.9. The Balaban J connectivity index is 1.94. The number of fused-ring (bicyclic) bond motifs is 1. The van der Waals surface area contributed by atoms with Crippen molar-refractivity contribution in [2.75, 3.05) is 20.8 Å². The van der Waals surface area contributed by atoms with E-state index in [0.717, 1.165) is 11.1 Å². The molecule has 0 spiro atoms. The van der Waals surface area contributed by atoms with E-state index in [1.807, 2.05) is 36.4 Å². The lowest BCUT2D eigenvalue weighted by Gasteiger charge is -2.24. The van der Waals surface area contributed by atoms with E-state index < -0.39 is 12.0 Å². The Bertz CT molecular complexity index is 1460. The van der Waals surface area contributed by atoms with Crippen molar-refractivity contribution in [3.8, 4) is 11.5 Å². The third-order valence-corrected chi connectivity index (χ3v) is 6.96. The van der Waals surface area contributed by atoms with Crippen LogP contribution in [0, 0.1) is 0 Å². The molecule has 1 aromatic heterocycles. The van der Waals surface area contributed by atoms with Gasteiger partial charge in [0.2, 0.25) is 0 Å². The number of hydrogen-bond acceptors (Lipinski definition) is 7. The molecule has 9 heteroatoms. The maximum absolute atomic E-state index is 13.6. The predicted octanol–water partition coefficient (Wildman–Crippen LogP) is 3.58. The maximum Gasteiger partial charge on any atom is 0.338 e. The van der Waals surface area contributed by atoms with E-state index in [2.05, 4.69) is 20.9 Å². The molecule has 1 atom stereocenters. The van der Waals surface area contributed by atoms with Gasteiger partial charge in [0, 0.05) is 0 Å². The second kappa shape index (κ2) is 9.99. The third-order valence-electron chi connectivity index (χ3n) is 5.39. The first-order valence-corrected chi connectivity index (χ1v) is 12.2. The molecule has 7 nitrogen and oxygen atoms in total. The van der Waals surface area contributed by atoms with Crippen LogP contribution in [0.15, 0.2) is 68.0 Å². The Labute approximate surface area is 208 Å². The molecular weight excluding hydrogens is 520 g/mol. The van der Waals surface area contributed by atoms with Gasteiger partial charge in [0.1, 0.15) is 0 Å². The van der Waals surface area contributed by atoms with E-state index in [0.29, 0.717) is 36.6 Å². The van der Waals surface area contributed by atoms with Crippen molar-refractivity contribution in [1.82, 2.24) is 4.57 Å². The fourth-order valence-corrected chi connectivity index (χ4v) is 5.58. The summed E-state index contributed by atoms with van der Waals surface area (Å²) in [5.74, 6) is 0.633. The topological polar surface area (TPSA) is 79.1 Å². The van der Waals surface area contributed by atoms with E-state index in [9.17, 15) is 9.59 Å². The van der Waals surface area contributed by atoms with Crippen molar-refractivity contribution in [3.63, 3.8) is 0 Å². The molecule has 0 amide bonds. The van der Waals surface area contributed by atoms with Gasteiger partial charge >= 0.3 is 5.97 Å². The number of carbonyl (C=O) groups is 1. The van der Waals surface area contributed by atoms with Crippen molar-refractivity contribution in [1.29, 1.82) is 0 Å². The van der Waals surface area contributed by atoms with Crippen molar-refractivity contribution >= 4 is 39.3 Å². The molecule has 1 aliphatic heterocycles. The zero-order chi connectivity index (χ0) is 24.4. The fraction of sp³-hybridized carbons (Fsp3) is 0.240. The van der Waals surface area contributed by atoms with Crippen LogP contribution >= 0.6 is 27.3 Å². The highest BCUT2D eigenvalue weighted by molar-refractivity contribution is 9.10. The number of rotatable bonds is 6. The van der Waals surface area contributed by atoms with Gasteiger partial charge in [0.25, 0.3) is 5.56 Å². The van der Waals surface area contributed by atoms with E-state index in [-0.39, 0.29) is 12.2 Å². The number of thiazole rings is 1. The average Bonchev–Trinajstić information content (AvgIpc) is 3.12. The summed E-state index contributed by atoms with van der Waals surface area (Å²) in [6.07, 6.45) is 1.78. The van der Waals surface area contributed by atoms with Crippen molar-refractivity contribution in [2.45, 2.75) is 19.9 Å². The van der Waals surface area contributed by atoms with E-state index in [4.69, 9.17) is 14.2 Å². The highest BCUT2D eigenvalue weighted by atomic mass is 79.9. The number of allylic oxidation sites excluding steroid dienone is 1. The molecule has 0 saturated carbocycles. The predicted molar refractivity (Wildman–Crippen MR) is 134 cm³/mol. The summed E-state index contributed by atoms with van der Waals surface area (Å²) >= 11 is 4.76. The molecule has 0 aliphatic carbocycles. The second-order valence-electron chi connectivity index (χ2n) is 7.45. The molecular formula is C25H23BrN2O5S. The van der Waals surface area contributed by atoms with E-state index in [1.54, 1.807) is 44.8 Å². The lowest BCUT2D eigenvalue weighted by Crippen LogP contribution is -2.39. The van der Waals surface area contributed by atoms with Gasteiger partial charge in [-0.25, -0.2) is 9.79 Å². The highest BCUT2D eigenvalue weighted by Crippen LogP contribution is 2.36. The number of carbonyl (C=O) groups excluding carboxylic acids is 1. The largest absolute Gasteiger partial charge is 0.493 e. The zero-order valence-electron chi connectivity index (χ0n) is 19.1. The van der Waals surface area contributed by atoms with Crippen LogP contribution in [0.2, 0.25) is 0 Å². The Morgan fingerprint density at radius 1 is 1.21 bits per heavy atom. The number of methoxy groups -OCH3 is 2. The third kappa shape index (κ3) is 4.33. The molecule has 0 bridgehead atoms. The standard InChI is InChI=1S/C25H23BrN2O5S/c1-5-33-24(30)20-14(2)27-25-28(21(20)16-9-7-6-8-10-16)23(29)19(34-25)13-15-11-17(26)22(32-4)18(12-15)31-3/h6-13,21H,5H2,1-4H3/b19-13+/t21-/m0/s1. The number of hydrogen-bond donors (Lipinski definition) is 0. The first kappa shape index (κ1) is 24.0. The Morgan fingerprint density at radius 3 is 2.59 bits per heavy atom. The number of benzene rings is 2. The lowest BCUT2D eigenvalue weighted by atomic mass is 9.96. The van der Waals surface area contributed by atoms with Gasteiger partial charge in [-0.05, 0) is 59.1 Å². The smallest absolute Gasteiger partial charge is 0.338 e. The molecule has 0 fully saturated rings. The summed E-state index contributed by atoms with van der Waals surface area (Å²) in [4.78, 5) is 31.6. The average molecular weight is 543 g/mol. The SMILES string of the molecule is CCOC(=O)C1=C(C)N=c2s/c(=C/c3cc(Br)c(OC)c(OC)c3)c(=O)n2[C@H]1c1ccccc1. The maximum atomic E-state index is 13.6. The molecule has 3 aromatic rings. The molecule has 176 valence electrons. The lowest BCUT2D eigenvalue weighted by molar-refractivity contribution is -0.139. The Kier molecular flexibility index (Phi) is 7.04. The van der Waals surface area contributed by atoms with Gasteiger partial charge in [-0.2, -0.15) is 0 Å². The molecule has 34 heavy (non-hydrogen) atoms. The summed E-state index contributed by atoms with van der Waals surface area (Å²) in [5.41, 5.74) is 2.22. The van der Waals surface area contributed by atoms with Crippen LogP contribution in [-0.2, 0) is 9.53 Å². The van der Waals surface area contributed by atoms with Gasteiger partial charge in [0.05, 0.1) is 47.1 Å². The van der Waals surface area contributed by atoms with Gasteiger partial charge in [0.15, 0.2) is 16.3 Å². The van der Waals surface area contributed by atoms with Crippen molar-refractivity contribution in [3.05, 3.63) is 89.0 Å². The van der Waals surface area contributed by atoms with Gasteiger partial charge in [-0.15, -0.1) is 0 Å². The molecule has 0 unspecified atom stereocenters. The Hall–Kier alpha value is -3.17. The quantitative estimate of drug-likeness (QED) is 0.445. The molecule has 2 aromatic carbocycles. The zero-order valence-corrected chi connectivity index (χ0v) is 21.5. The molecule has 1 aliphatic rings. The van der Waals surface area contributed by atoms with Crippen LogP contribution < -0.4 is 24.4 Å². The molecule has 0 saturated heterocycles. The fourth-order valence-electron chi connectivity index (χ4n) is 3.91. The summed E-state index contributed by atoms with van der Waals surface area (Å²) in [6, 6.07) is 12.5. The normalized spacial score (nSPS) is 15.6. The van der Waals surface area contributed by atoms with E-state index in [1.165, 1.54) is 11.3 Å². The number of aromatic nitrogens is 1. The van der Waals surface area contributed by atoms with Gasteiger partial charge in [-0.1, -0.05) is 41.7 Å². The molecule has 2 heterocycles. The molecule has 0 N–H and O–H groups in total. The monoisotopic (exact) mass is 542 g/mol. The number of esters is 1. The van der Waals surface area contributed by atoms with Crippen molar-refractivity contribution < 1.29 is 19.0 Å². The van der Waals surface area contributed by atoms with Gasteiger partial charge < -0.3 is 14.2 Å². The summed E-state index contributed by atoms with van der Waals surface area (Å²) in [6.45, 7) is 3.75. The first-order chi connectivity index (χ1) is 16.4. The number of nitrogens with zero attached hydrogens (tertiary/aromatic N) is 2. The highest BCUT2D eigenvalue weighted by Gasteiger charge is 2.33. The van der Waals surface area contributed by atoms with Crippen LogP contribution in [0.4, 0.5) is 0 Å². The minimum absolute atomic E-state index is 0.232. The van der Waals surface area contributed by atoms with Crippen LogP contribution in [-0.4, -0.2) is 31.4 Å². The number of ether oxygens (including phenoxy) is 3. The Morgan fingerprint density at radius 2 is 1.94 bits per heavy atom. The molecule has 4 rings (SSSR count). The van der Waals surface area contributed by atoms with Crippen LogP contribution in [0.5, 0.6) is 11.5 Å². The summed E-state index contributed by atoms with van der Waals surface area (Å²) in [7, 11) is 3.12. The van der Waals surface area contributed by atoms with E-state index >= 15 is 0 Å². The van der Waals surface area contributed by atoms with Crippen LogP contribution in [0.25, 0.3) is 6.08 Å².